The quantitative estimate of drug-likeness (QED) is 0.450. The van der Waals surface area contributed by atoms with Gasteiger partial charge >= 0.3 is 0 Å². The minimum absolute atomic E-state index is 0.163. The number of aromatic nitrogens is 1. The Morgan fingerprint density at radius 3 is 2.52 bits per heavy atom. The second-order valence-corrected chi connectivity index (χ2v) is 6.58. The van der Waals surface area contributed by atoms with Gasteiger partial charge in [-0.3, -0.25) is 0 Å². The number of hydrogen-bond acceptors (Lipinski definition) is 3. The van der Waals surface area contributed by atoms with Gasteiger partial charge in [-0.15, -0.1) is 0 Å². The van der Waals surface area contributed by atoms with Gasteiger partial charge in [0.1, 0.15) is 17.2 Å². The van der Waals surface area contributed by atoms with Gasteiger partial charge in [0.2, 0.25) is 0 Å². The van der Waals surface area contributed by atoms with E-state index in [2.05, 4.69) is 4.98 Å². The first kappa shape index (κ1) is 17.8. The molecule has 2 aromatic carbocycles. The van der Waals surface area contributed by atoms with Crippen molar-refractivity contribution in [2.75, 3.05) is 6.61 Å². The number of unbranched alkanes of at least 4 members (excludes halogenated alkanes) is 1. The number of para-hydroxylation sites is 1. The molecule has 5 heteroatoms. The molecule has 0 amide bonds. The lowest BCUT2D eigenvalue weighted by atomic mass is 10.1. The summed E-state index contributed by atoms with van der Waals surface area (Å²) in [6.45, 7) is 2.72. The van der Waals surface area contributed by atoms with Crippen LogP contribution < -0.4 is 4.74 Å². The number of halogens is 2. The fourth-order valence-electron chi connectivity index (χ4n) is 2.61. The Labute approximate surface area is 157 Å². The smallest absolute Gasteiger partial charge is 0.292 e. The van der Waals surface area contributed by atoms with Crippen molar-refractivity contribution in [3.05, 3.63) is 70.2 Å². The number of benzene rings is 2. The van der Waals surface area contributed by atoms with E-state index in [4.69, 9.17) is 32.4 Å². The van der Waals surface area contributed by atoms with Crippen molar-refractivity contribution in [2.45, 2.75) is 26.2 Å². The monoisotopic (exact) mass is 375 g/mol. The number of nitrogens with zero attached hydrogens (tertiary/aromatic N) is 1. The third kappa shape index (κ3) is 4.77. The average Bonchev–Trinajstić information content (AvgIpc) is 2.97. The minimum atomic E-state index is 0.163. The van der Waals surface area contributed by atoms with Crippen LogP contribution in [-0.2, 0) is 6.42 Å². The highest BCUT2D eigenvalue weighted by Crippen LogP contribution is 2.28. The molecule has 0 saturated carbocycles. The Hall–Kier alpha value is -1.97. The third-order valence-electron chi connectivity index (χ3n) is 3.94. The van der Waals surface area contributed by atoms with Crippen LogP contribution in [0.3, 0.4) is 0 Å². The standard InChI is InChI=1S/C20H19Cl2NO2/c1-14-6-2-3-7-17(14)24-13-5-4-8-18-19(23-20(22)25-18)15-9-11-16(21)12-10-15/h2-3,6-7,9-12H,4-5,8,13H2,1H3. The number of aryl methyl sites for hydroxylation is 2. The summed E-state index contributed by atoms with van der Waals surface area (Å²) < 4.78 is 11.4. The van der Waals surface area contributed by atoms with E-state index in [1.54, 1.807) is 0 Å². The van der Waals surface area contributed by atoms with E-state index in [9.17, 15) is 0 Å². The zero-order chi connectivity index (χ0) is 17.6. The zero-order valence-corrected chi connectivity index (χ0v) is 15.5. The summed E-state index contributed by atoms with van der Waals surface area (Å²) in [5.41, 5.74) is 2.88. The molecular formula is C20H19Cl2NO2. The first-order chi connectivity index (χ1) is 12.1. The lowest BCUT2D eigenvalue weighted by Crippen LogP contribution is -1.99. The third-order valence-corrected chi connectivity index (χ3v) is 4.35. The Morgan fingerprint density at radius 2 is 1.76 bits per heavy atom. The predicted octanol–water partition coefficient (Wildman–Crippen LogP) is 6.36. The Bertz CT molecular complexity index is 828. The molecule has 3 rings (SSSR count). The topological polar surface area (TPSA) is 35.3 Å². The molecule has 0 radical (unpaired) electrons. The van der Waals surface area contributed by atoms with E-state index >= 15 is 0 Å². The van der Waals surface area contributed by atoms with Gasteiger partial charge in [-0.05, 0) is 55.1 Å². The van der Waals surface area contributed by atoms with Crippen molar-refractivity contribution < 1.29 is 9.15 Å². The lowest BCUT2D eigenvalue weighted by molar-refractivity contribution is 0.303. The van der Waals surface area contributed by atoms with E-state index < -0.39 is 0 Å². The Balaban J connectivity index is 1.55. The molecule has 0 bridgehead atoms. The molecule has 0 fully saturated rings. The van der Waals surface area contributed by atoms with Gasteiger partial charge in [-0.25, -0.2) is 0 Å². The fraction of sp³-hybridized carbons (Fsp3) is 0.250. The van der Waals surface area contributed by atoms with Crippen molar-refractivity contribution in [3.63, 3.8) is 0 Å². The molecule has 0 N–H and O–H groups in total. The van der Waals surface area contributed by atoms with Crippen LogP contribution in [0.5, 0.6) is 5.75 Å². The maximum absolute atomic E-state index is 5.96. The molecule has 0 aliphatic carbocycles. The van der Waals surface area contributed by atoms with Crippen molar-refractivity contribution in [1.29, 1.82) is 0 Å². The predicted molar refractivity (Wildman–Crippen MR) is 102 cm³/mol. The van der Waals surface area contributed by atoms with Crippen molar-refractivity contribution >= 4 is 23.2 Å². The van der Waals surface area contributed by atoms with Gasteiger partial charge in [0.25, 0.3) is 5.35 Å². The molecule has 25 heavy (non-hydrogen) atoms. The molecule has 0 aliphatic rings. The second kappa shape index (κ2) is 8.41. The average molecular weight is 376 g/mol. The number of rotatable bonds is 7. The maximum atomic E-state index is 5.96. The van der Waals surface area contributed by atoms with Gasteiger partial charge in [0.05, 0.1) is 6.61 Å². The molecule has 1 heterocycles. The highest BCUT2D eigenvalue weighted by atomic mass is 35.5. The fourth-order valence-corrected chi connectivity index (χ4v) is 2.92. The van der Waals surface area contributed by atoms with Gasteiger partial charge in [-0.1, -0.05) is 41.9 Å². The van der Waals surface area contributed by atoms with Gasteiger partial charge in [-0.2, -0.15) is 4.98 Å². The van der Waals surface area contributed by atoms with Gasteiger partial charge in [0.15, 0.2) is 0 Å². The molecule has 0 atom stereocenters. The second-order valence-electron chi connectivity index (χ2n) is 5.82. The van der Waals surface area contributed by atoms with Crippen LogP contribution in [-0.4, -0.2) is 11.6 Å². The molecule has 3 nitrogen and oxygen atoms in total. The molecule has 0 unspecified atom stereocenters. The molecule has 0 spiro atoms. The van der Waals surface area contributed by atoms with Crippen molar-refractivity contribution in [2.24, 2.45) is 0 Å². The highest BCUT2D eigenvalue weighted by Gasteiger charge is 2.14. The lowest BCUT2D eigenvalue weighted by Gasteiger charge is -2.08. The Morgan fingerprint density at radius 1 is 1.00 bits per heavy atom. The minimum Gasteiger partial charge on any atom is -0.493 e. The number of hydrogen-bond donors (Lipinski definition) is 0. The summed E-state index contributed by atoms with van der Waals surface area (Å²) in [6.07, 6.45) is 2.61. The van der Waals surface area contributed by atoms with E-state index in [0.717, 1.165) is 47.6 Å². The summed E-state index contributed by atoms with van der Waals surface area (Å²) in [4.78, 5) is 4.29. The van der Waals surface area contributed by atoms with Crippen LogP contribution in [0.25, 0.3) is 11.3 Å². The Kier molecular flexibility index (Phi) is 6.00. The number of oxazole rings is 1. The van der Waals surface area contributed by atoms with E-state index in [0.29, 0.717) is 11.6 Å². The van der Waals surface area contributed by atoms with Gasteiger partial charge < -0.3 is 9.15 Å². The highest BCUT2D eigenvalue weighted by molar-refractivity contribution is 6.30. The van der Waals surface area contributed by atoms with Crippen LogP contribution in [0.2, 0.25) is 10.4 Å². The van der Waals surface area contributed by atoms with Crippen LogP contribution in [0, 0.1) is 6.92 Å². The molecular weight excluding hydrogens is 357 g/mol. The summed E-state index contributed by atoms with van der Waals surface area (Å²) >= 11 is 11.9. The first-order valence-corrected chi connectivity index (χ1v) is 8.98. The van der Waals surface area contributed by atoms with Crippen LogP contribution in [0.4, 0.5) is 0 Å². The van der Waals surface area contributed by atoms with Crippen LogP contribution >= 0.6 is 23.2 Å². The van der Waals surface area contributed by atoms with E-state index in [-0.39, 0.29) is 5.35 Å². The summed E-state index contributed by atoms with van der Waals surface area (Å²) in [7, 11) is 0. The zero-order valence-electron chi connectivity index (χ0n) is 14.0. The molecule has 0 aliphatic heterocycles. The largest absolute Gasteiger partial charge is 0.493 e. The number of ether oxygens (including phenoxy) is 1. The van der Waals surface area contributed by atoms with Crippen LogP contribution in [0.15, 0.2) is 52.9 Å². The van der Waals surface area contributed by atoms with Gasteiger partial charge in [0, 0.05) is 17.0 Å². The molecule has 3 aromatic rings. The maximum Gasteiger partial charge on any atom is 0.292 e. The van der Waals surface area contributed by atoms with Crippen molar-refractivity contribution in [1.82, 2.24) is 4.98 Å². The van der Waals surface area contributed by atoms with E-state index in [1.165, 1.54) is 0 Å². The summed E-state index contributed by atoms with van der Waals surface area (Å²) in [5, 5.41) is 0.851. The molecule has 1 aromatic heterocycles. The summed E-state index contributed by atoms with van der Waals surface area (Å²) in [5.74, 6) is 1.73. The van der Waals surface area contributed by atoms with Crippen LogP contribution in [0.1, 0.15) is 24.2 Å². The molecule has 130 valence electrons. The summed E-state index contributed by atoms with van der Waals surface area (Å²) in [6, 6.07) is 15.5. The first-order valence-electron chi connectivity index (χ1n) is 8.23. The SMILES string of the molecule is Cc1ccccc1OCCCCc1oc(Cl)nc1-c1ccc(Cl)cc1. The normalized spacial score (nSPS) is 10.8. The molecule has 0 saturated heterocycles. The van der Waals surface area contributed by atoms with E-state index in [1.807, 2.05) is 55.5 Å². The van der Waals surface area contributed by atoms with Crippen molar-refractivity contribution in [3.8, 4) is 17.0 Å².